The highest BCUT2D eigenvalue weighted by Gasteiger charge is 2.33. The van der Waals surface area contributed by atoms with Gasteiger partial charge in [0.25, 0.3) is 0 Å². The molecule has 3 aromatic rings. The highest BCUT2D eigenvalue weighted by atomic mass is 16.2. The third kappa shape index (κ3) is 3.99. The van der Waals surface area contributed by atoms with Crippen molar-refractivity contribution in [2.75, 3.05) is 0 Å². The number of amides is 1. The van der Waals surface area contributed by atoms with Gasteiger partial charge in [-0.3, -0.25) is 10.1 Å². The first-order chi connectivity index (χ1) is 13.3. The van der Waals surface area contributed by atoms with Gasteiger partial charge in [0.05, 0.1) is 6.54 Å². The predicted molar refractivity (Wildman–Crippen MR) is 108 cm³/mol. The molecule has 4 rings (SSSR count). The molecule has 0 aromatic heterocycles. The van der Waals surface area contributed by atoms with Gasteiger partial charge in [-0.2, -0.15) is 0 Å². The van der Waals surface area contributed by atoms with E-state index >= 15 is 0 Å². The zero-order valence-corrected chi connectivity index (χ0v) is 15.1. The molecule has 0 aliphatic carbocycles. The maximum atomic E-state index is 13.1. The van der Waals surface area contributed by atoms with Crippen molar-refractivity contribution in [2.24, 2.45) is 0 Å². The Morgan fingerprint density at radius 2 is 1.30 bits per heavy atom. The van der Waals surface area contributed by atoms with Gasteiger partial charge in [-0.15, -0.1) is 0 Å². The van der Waals surface area contributed by atoms with Crippen LogP contribution in [0.15, 0.2) is 97.1 Å². The van der Waals surface area contributed by atoms with Crippen LogP contribution in [0.1, 0.15) is 16.7 Å². The number of carbonyl (C=O) groups excluding carboxylic acids is 1. The fourth-order valence-corrected chi connectivity index (χ4v) is 3.37. The molecule has 0 fully saturated rings. The molecular formula is C24H22N2O. The summed E-state index contributed by atoms with van der Waals surface area (Å²) in [5.41, 5.74) is 4.32. The van der Waals surface area contributed by atoms with E-state index in [1.807, 2.05) is 65.6 Å². The SMILES string of the molecule is O=C1C(NCc2ccccc2)C=C(c2ccccc2)N1Cc1ccccc1. The van der Waals surface area contributed by atoms with Crippen LogP contribution in [0.2, 0.25) is 0 Å². The Hall–Kier alpha value is -3.17. The van der Waals surface area contributed by atoms with Crippen molar-refractivity contribution in [3.63, 3.8) is 0 Å². The maximum absolute atomic E-state index is 13.1. The van der Waals surface area contributed by atoms with Gasteiger partial charge in [-0.05, 0) is 22.8 Å². The van der Waals surface area contributed by atoms with E-state index in [-0.39, 0.29) is 11.9 Å². The predicted octanol–water partition coefficient (Wildman–Crippen LogP) is 4.23. The van der Waals surface area contributed by atoms with Crippen LogP contribution in [0, 0.1) is 0 Å². The van der Waals surface area contributed by atoms with Crippen molar-refractivity contribution in [2.45, 2.75) is 19.1 Å². The Labute approximate surface area is 160 Å². The summed E-state index contributed by atoms with van der Waals surface area (Å²) >= 11 is 0. The Bertz CT molecular complexity index is 920. The number of benzene rings is 3. The molecule has 1 unspecified atom stereocenters. The molecule has 1 N–H and O–H groups in total. The lowest BCUT2D eigenvalue weighted by atomic mass is 10.1. The summed E-state index contributed by atoms with van der Waals surface area (Å²) < 4.78 is 0. The Balaban J connectivity index is 1.58. The summed E-state index contributed by atoms with van der Waals surface area (Å²) in [5.74, 6) is 0.0913. The van der Waals surface area contributed by atoms with E-state index in [0.717, 1.165) is 16.8 Å². The van der Waals surface area contributed by atoms with E-state index in [1.165, 1.54) is 5.56 Å². The van der Waals surface area contributed by atoms with Crippen LogP contribution in [0.25, 0.3) is 5.70 Å². The van der Waals surface area contributed by atoms with Crippen molar-refractivity contribution >= 4 is 11.6 Å². The van der Waals surface area contributed by atoms with Crippen LogP contribution in [-0.2, 0) is 17.9 Å². The summed E-state index contributed by atoms with van der Waals surface area (Å²) in [5, 5.41) is 3.40. The largest absolute Gasteiger partial charge is 0.306 e. The molecule has 3 aromatic carbocycles. The zero-order valence-electron chi connectivity index (χ0n) is 15.1. The number of nitrogens with one attached hydrogen (secondary N) is 1. The molecule has 1 aliphatic heterocycles. The highest BCUT2D eigenvalue weighted by Crippen LogP contribution is 2.28. The number of carbonyl (C=O) groups is 1. The molecule has 3 heteroatoms. The molecule has 1 atom stereocenters. The number of nitrogens with zero attached hydrogens (tertiary/aromatic N) is 1. The van der Waals surface area contributed by atoms with E-state index in [1.54, 1.807) is 0 Å². The monoisotopic (exact) mass is 354 g/mol. The Kier molecular flexibility index (Phi) is 5.13. The fraction of sp³-hybridized carbons (Fsp3) is 0.125. The van der Waals surface area contributed by atoms with Crippen molar-refractivity contribution in [1.29, 1.82) is 0 Å². The van der Waals surface area contributed by atoms with Gasteiger partial charge in [0.15, 0.2) is 0 Å². The number of rotatable bonds is 6. The van der Waals surface area contributed by atoms with E-state index < -0.39 is 0 Å². The summed E-state index contributed by atoms with van der Waals surface area (Å²) in [7, 11) is 0. The third-order valence-corrected chi connectivity index (χ3v) is 4.77. The molecule has 27 heavy (non-hydrogen) atoms. The maximum Gasteiger partial charge on any atom is 0.248 e. The topological polar surface area (TPSA) is 32.3 Å². The van der Waals surface area contributed by atoms with Gasteiger partial charge in [0.1, 0.15) is 6.04 Å². The standard InChI is InChI=1S/C24H22N2O/c27-24-22(25-17-19-10-4-1-5-11-19)16-23(21-14-8-3-9-15-21)26(24)18-20-12-6-2-7-13-20/h1-16,22,25H,17-18H2. The van der Waals surface area contributed by atoms with Gasteiger partial charge in [-0.1, -0.05) is 91.0 Å². The first-order valence-electron chi connectivity index (χ1n) is 9.21. The summed E-state index contributed by atoms with van der Waals surface area (Å²) in [6, 6.07) is 30.1. The summed E-state index contributed by atoms with van der Waals surface area (Å²) in [6.07, 6.45) is 2.05. The average molecular weight is 354 g/mol. The molecule has 134 valence electrons. The lowest BCUT2D eigenvalue weighted by Gasteiger charge is -2.22. The van der Waals surface area contributed by atoms with Crippen molar-refractivity contribution in [3.8, 4) is 0 Å². The van der Waals surface area contributed by atoms with Crippen LogP contribution in [-0.4, -0.2) is 16.8 Å². The minimum atomic E-state index is -0.316. The van der Waals surface area contributed by atoms with Gasteiger partial charge >= 0.3 is 0 Å². The molecule has 1 heterocycles. The Morgan fingerprint density at radius 1 is 0.741 bits per heavy atom. The smallest absolute Gasteiger partial charge is 0.248 e. The minimum absolute atomic E-state index is 0.0913. The number of hydrogen-bond donors (Lipinski definition) is 1. The highest BCUT2D eigenvalue weighted by molar-refractivity contribution is 5.98. The zero-order chi connectivity index (χ0) is 18.5. The first kappa shape index (κ1) is 17.3. The third-order valence-electron chi connectivity index (χ3n) is 4.77. The average Bonchev–Trinajstić information content (AvgIpc) is 3.04. The number of hydrogen-bond acceptors (Lipinski definition) is 2. The lowest BCUT2D eigenvalue weighted by Crippen LogP contribution is -2.38. The van der Waals surface area contributed by atoms with Gasteiger partial charge in [0.2, 0.25) is 5.91 Å². The van der Waals surface area contributed by atoms with E-state index in [4.69, 9.17) is 0 Å². The van der Waals surface area contributed by atoms with Crippen LogP contribution >= 0.6 is 0 Å². The van der Waals surface area contributed by atoms with Crippen molar-refractivity contribution in [3.05, 3.63) is 114 Å². The lowest BCUT2D eigenvalue weighted by molar-refractivity contribution is -0.128. The van der Waals surface area contributed by atoms with Crippen molar-refractivity contribution < 1.29 is 4.79 Å². The van der Waals surface area contributed by atoms with E-state index in [9.17, 15) is 4.79 Å². The molecular weight excluding hydrogens is 332 g/mol. The summed E-state index contributed by atoms with van der Waals surface area (Å²) in [6.45, 7) is 1.24. The quantitative estimate of drug-likeness (QED) is 0.718. The molecule has 3 nitrogen and oxygen atoms in total. The second-order valence-corrected chi connectivity index (χ2v) is 6.67. The normalized spacial score (nSPS) is 16.4. The van der Waals surface area contributed by atoms with Gasteiger partial charge in [0, 0.05) is 12.2 Å². The molecule has 0 saturated heterocycles. The minimum Gasteiger partial charge on any atom is -0.306 e. The van der Waals surface area contributed by atoms with Gasteiger partial charge < -0.3 is 4.90 Å². The molecule has 1 amide bonds. The van der Waals surface area contributed by atoms with Gasteiger partial charge in [-0.25, -0.2) is 0 Å². The van der Waals surface area contributed by atoms with Crippen LogP contribution in [0.3, 0.4) is 0 Å². The van der Waals surface area contributed by atoms with E-state index in [0.29, 0.717) is 13.1 Å². The Morgan fingerprint density at radius 3 is 1.93 bits per heavy atom. The molecule has 0 saturated carbocycles. The van der Waals surface area contributed by atoms with Crippen LogP contribution in [0.4, 0.5) is 0 Å². The molecule has 1 aliphatic rings. The van der Waals surface area contributed by atoms with Crippen LogP contribution < -0.4 is 5.32 Å². The molecule has 0 bridgehead atoms. The van der Waals surface area contributed by atoms with Crippen LogP contribution in [0.5, 0.6) is 0 Å². The molecule has 0 spiro atoms. The fourth-order valence-electron chi connectivity index (χ4n) is 3.37. The second kappa shape index (κ2) is 8.02. The van der Waals surface area contributed by atoms with Crippen molar-refractivity contribution in [1.82, 2.24) is 10.2 Å². The van der Waals surface area contributed by atoms with E-state index in [2.05, 4.69) is 41.7 Å². The first-order valence-corrected chi connectivity index (χ1v) is 9.21. The summed E-state index contributed by atoms with van der Waals surface area (Å²) in [4.78, 5) is 15.0. The molecule has 0 radical (unpaired) electrons. The second-order valence-electron chi connectivity index (χ2n) is 6.67.